The molecule has 0 fully saturated rings. The van der Waals surface area contributed by atoms with Gasteiger partial charge in [0.15, 0.2) is 0 Å². The van der Waals surface area contributed by atoms with Crippen molar-refractivity contribution >= 4 is 32.4 Å². The van der Waals surface area contributed by atoms with Gasteiger partial charge in [-0.1, -0.05) is 53.8 Å². The van der Waals surface area contributed by atoms with Gasteiger partial charge in [-0.05, 0) is 54.4 Å². The third-order valence-electron chi connectivity index (χ3n) is 4.13. The summed E-state index contributed by atoms with van der Waals surface area (Å²) in [5.41, 5.74) is 7.12. The lowest BCUT2D eigenvalue weighted by Gasteiger charge is -2.07. The highest BCUT2D eigenvalue weighted by atomic mass is 32.1. The summed E-state index contributed by atoms with van der Waals surface area (Å²) in [6.45, 7) is 2.53. The smallest absolute Gasteiger partial charge is 0.204 e. The molecule has 0 aliphatic rings. The van der Waals surface area contributed by atoms with E-state index in [9.17, 15) is 0 Å². The SMILES string of the molecule is CC(=NNc1nc2ccccc2s1)c1ccc(OCc2ccccc2)cc1. The molecule has 1 N–H and O–H groups in total. The predicted octanol–water partition coefficient (Wildman–Crippen LogP) is 5.71. The Morgan fingerprint density at radius 1 is 0.963 bits per heavy atom. The summed E-state index contributed by atoms with van der Waals surface area (Å²) in [5.74, 6) is 0.842. The van der Waals surface area contributed by atoms with Crippen molar-refractivity contribution in [2.45, 2.75) is 13.5 Å². The molecule has 0 atom stereocenters. The molecular formula is C22H19N3OS. The average molecular weight is 373 g/mol. The van der Waals surface area contributed by atoms with Crippen LogP contribution in [0.25, 0.3) is 10.2 Å². The van der Waals surface area contributed by atoms with Gasteiger partial charge in [-0.2, -0.15) is 5.10 Å². The van der Waals surface area contributed by atoms with Crippen LogP contribution in [0.1, 0.15) is 18.1 Å². The standard InChI is InChI=1S/C22H19N3OS/c1-16(24-25-22-23-20-9-5-6-10-21(20)27-22)18-11-13-19(14-12-18)26-15-17-7-3-2-4-8-17/h2-14H,15H2,1H3,(H,23,25). The van der Waals surface area contributed by atoms with Crippen LogP contribution in [0.4, 0.5) is 5.13 Å². The summed E-state index contributed by atoms with van der Waals surface area (Å²) in [6, 6.07) is 26.2. The maximum atomic E-state index is 5.83. The van der Waals surface area contributed by atoms with Crippen molar-refractivity contribution in [3.8, 4) is 5.75 Å². The van der Waals surface area contributed by atoms with Crippen LogP contribution in [0.15, 0.2) is 84.0 Å². The van der Waals surface area contributed by atoms with E-state index in [1.165, 1.54) is 0 Å². The number of hydrogen-bond acceptors (Lipinski definition) is 5. The molecule has 4 nitrogen and oxygen atoms in total. The van der Waals surface area contributed by atoms with Gasteiger partial charge in [0.25, 0.3) is 0 Å². The second-order valence-electron chi connectivity index (χ2n) is 6.09. The fraction of sp³-hybridized carbons (Fsp3) is 0.0909. The summed E-state index contributed by atoms with van der Waals surface area (Å²) < 4.78 is 6.97. The number of benzene rings is 3. The highest BCUT2D eigenvalue weighted by Crippen LogP contribution is 2.25. The zero-order valence-corrected chi connectivity index (χ0v) is 15.7. The molecule has 3 aromatic carbocycles. The molecule has 0 saturated heterocycles. The number of hydrogen-bond donors (Lipinski definition) is 1. The van der Waals surface area contributed by atoms with Crippen LogP contribution >= 0.6 is 11.3 Å². The molecule has 0 saturated carbocycles. The van der Waals surface area contributed by atoms with Gasteiger partial charge in [-0.25, -0.2) is 4.98 Å². The monoisotopic (exact) mass is 373 g/mol. The Balaban J connectivity index is 1.39. The second kappa shape index (κ2) is 8.01. The molecule has 1 aromatic heterocycles. The summed E-state index contributed by atoms with van der Waals surface area (Å²) >= 11 is 1.59. The molecule has 27 heavy (non-hydrogen) atoms. The number of fused-ring (bicyclic) bond motifs is 1. The Hall–Kier alpha value is -3.18. The van der Waals surface area contributed by atoms with E-state index in [2.05, 4.69) is 33.7 Å². The van der Waals surface area contributed by atoms with Gasteiger partial charge >= 0.3 is 0 Å². The quantitative estimate of drug-likeness (QED) is 0.348. The number of hydrazone groups is 1. The normalized spacial score (nSPS) is 11.5. The topological polar surface area (TPSA) is 46.5 Å². The number of ether oxygens (including phenoxy) is 1. The van der Waals surface area contributed by atoms with Gasteiger partial charge in [-0.3, -0.25) is 5.43 Å². The van der Waals surface area contributed by atoms with Crippen LogP contribution in [-0.4, -0.2) is 10.7 Å². The fourth-order valence-corrected chi connectivity index (χ4v) is 3.46. The summed E-state index contributed by atoms with van der Waals surface area (Å²) in [4.78, 5) is 4.53. The first kappa shape index (κ1) is 17.2. The van der Waals surface area contributed by atoms with E-state index in [0.29, 0.717) is 6.61 Å². The van der Waals surface area contributed by atoms with E-state index < -0.39 is 0 Å². The predicted molar refractivity (Wildman–Crippen MR) is 113 cm³/mol. The maximum absolute atomic E-state index is 5.83. The number of para-hydroxylation sites is 1. The lowest BCUT2D eigenvalue weighted by molar-refractivity contribution is 0.306. The number of anilines is 1. The fourth-order valence-electron chi connectivity index (χ4n) is 2.65. The Kier molecular flexibility index (Phi) is 5.12. The van der Waals surface area contributed by atoms with Crippen molar-refractivity contribution < 1.29 is 4.74 Å². The molecule has 5 heteroatoms. The largest absolute Gasteiger partial charge is 0.489 e. The van der Waals surface area contributed by atoms with Crippen molar-refractivity contribution in [2.75, 3.05) is 5.43 Å². The summed E-state index contributed by atoms with van der Waals surface area (Å²) in [7, 11) is 0. The van der Waals surface area contributed by atoms with Crippen molar-refractivity contribution in [3.63, 3.8) is 0 Å². The van der Waals surface area contributed by atoms with Crippen molar-refractivity contribution in [1.82, 2.24) is 4.98 Å². The van der Waals surface area contributed by atoms with E-state index in [1.54, 1.807) is 11.3 Å². The molecule has 0 aliphatic heterocycles. The Labute approximate surface area is 162 Å². The first-order valence-corrected chi connectivity index (χ1v) is 9.52. The second-order valence-corrected chi connectivity index (χ2v) is 7.13. The molecule has 4 rings (SSSR count). The third-order valence-corrected chi connectivity index (χ3v) is 5.07. The minimum absolute atomic E-state index is 0.562. The van der Waals surface area contributed by atoms with E-state index in [4.69, 9.17) is 4.74 Å². The minimum atomic E-state index is 0.562. The Morgan fingerprint density at radius 2 is 1.70 bits per heavy atom. The van der Waals surface area contributed by atoms with Crippen LogP contribution in [0.5, 0.6) is 5.75 Å². The number of rotatable bonds is 6. The number of nitrogens with one attached hydrogen (secondary N) is 1. The average Bonchev–Trinajstić information content (AvgIpc) is 3.15. The van der Waals surface area contributed by atoms with Crippen molar-refractivity contribution in [2.24, 2.45) is 5.10 Å². The first-order chi connectivity index (χ1) is 13.3. The molecule has 0 spiro atoms. The third kappa shape index (κ3) is 4.33. The van der Waals surface area contributed by atoms with Crippen molar-refractivity contribution in [3.05, 3.63) is 90.0 Å². The lowest BCUT2D eigenvalue weighted by Crippen LogP contribution is -2.00. The van der Waals surface area contributed by atoms with E-state index >= 15 is 0 Å². The molecular weight excluding hydrogens is 354 g/mol. The van der Waals surface area contributed by atoms with Gasteiger partial charge in [0.1, 0.15) is 12.4 Å². The number of nitrogens with zero attached hydrogens (tertiary/aromatic N) is 2. The molecule has 134 valence electrons. The zero-order chi connectivity index (χ0) is 18.5. The maximum Gasteiger partial charge on any atom is 0.204 e. The Morgan fingerprint density at radius 3 is 2.48 bits per heavy atom. The molecule has 0 unspecified atom stereocenters. The van der Waals surface area contributed by atoms with E-state index in [-0.39, 0.29) is 0 Å². The highest BCUT2D eigenvalue weighted by Gasteiger charge is 2.03. The first-order valence-electron chi connectivity index (χ1n) is 8.71. The van der Waals surface area contributed by atoms with Crippen LogP contribution in [0, 0.1) is 0 Å². The number of thiazole rings is 1. The summed E-state index contributed by atoms with van der Waals surface area (Å²) in [5, 5.41) is 5.25. The molecule has 0 radical (unpaired) electrons. The van der Waals surface area contributed by atoms with Crippen LogP contribution < -0.4 is 10.2 Å². The van der Waals surface area contributed by atoms with E-state index in [1.807, 2.05) is 67.6 Å². The molecule has 1 heterocycles. The van der Waals surface area contributed by atoms with Crippen LogP contribution in [0.3, 0.4) is 0 Å². The molecule has 0 amide bonds. The molecule has 4 aromatic rings. The van der Waals surface area contributed by atoms with E-state index in [0.717, 1.165) is 37.9 Å². The van der Waals surface area contributed by atoms with Gasteiger partial charge in [0.05, 0.1) is 15.9 Å². The van der Waals surface area contributed by atoms with Crippen molar-refractivity contribution in [1.29, 1.82) is 0 Å². The Bertz CT molecular complexity index is 1020. The molecule has 0 aliphatic carbocycles. The van der Waals surface area contributed by atoms with Gasteiger partial charge in [-0.15, -0.1) is 0 Å². The van der Waals surface area contributed by atoms with Gasteiger partial charge in [0, 0.05) is 0 Å². The van der Waals surface area contributed by atoms with Gasteiger partial charge in [0.2, 0.25) is 5.13 Å². The van der Waals surface area contributed by atoms with Gasteiger partial charge < -0.3 is 4.74 Å². The summed E-state index contributed by atoms with van der Waals surface area (Å²) in [6.07, 6.45) is 0. The molecule has 0 bridgehead atoms. The number of aromatic nitrogens is 1. The minimum Gasteiger partial charge on any atom is -0.489 e. The lowest BCUT2D eigenvalue weighted by atomic mass is 10.1. The van der Waals surface area contributed by atoms with Crippen LogP contribution in [-0.2, 0) is 6.61 Å². The highest BCUT2D eigenvalue weighted by molar-refractivity contribution is 7.22. The zero-order valence-electron chi connectivity index (χ0n) is 14.9. The van der Waals surface area contributed by atoms with Crippen LogP contribution in [0.2, 0.25) is 0 Å².